The first-order chi connectivity index (χ1) is 8.02. The summed E-state index contributed by atoms with van der Waals surface area (Å²) in [5.41, 5.74) is 0.665. The number of allylic oxidation sites excluding steroid dienone is 1. The third-order valence-electron chi connectivity index (χ3n) is 1.91. The molecular weight excluding hydrogens is 230 g/mol. The Morgan fingerprint density at radius 2 is 2.06 bits per heavy atom. The van der Waals surface area contributed by atoms with Crippen LogP contribution in [0.25, 0.3) is 6.08 Å². The zero-order valence-corrected chi connectivity index (χ0v) is 9.44. The lowest BCUT2D eigenvalue weighted by Gasteiger charge is -2.10. The molecule has 0 amide bonds. The van der Waals surface area contributed by atoms with Gasteiger partial charge in [-0.05, 0) is 30.7 Å². The van der Waals surface area contributed by atoms with Gasteiger partial charge in [-0.25, -0.2) is 0 Å². The molecule has 92 valence electrons. The molecule has 0 aliphatic carbocycles. The van der Waals surface area contributed by atoms with Gasteiger partial charge in [-0.15, -0.1) is 0 Å². The van der Waals surface area contributed by atoms with Gasteiger partial charge in [-0.2, -0.15) is 8.78 Å². The van der Waals surface area contributed by atoms with Crippen LogP contribution in [-0.4, -0.2) is 19.5 Å². The zero-order chi connectivity index (χ0) is 12.8. The van der Waals surface area contributed by atoms with E-state index in [9.17, 15) is 13.6 Å². The number of hydrogen-bond donors (Lipinski definition) is 0. The smallest absolute Gasteiger partial charge is 0.387 e. The third kappa shape index (κ3) is 4.22. The highest BCUT2D eigenvalue weighted by Gasteiger charge is 2.10. The van der Waals surface area contributed by atoms with E-state index in [1.54, 1.807) is 12.1 Å². The van der Waals surface area contributed by atoms with Crippen LogP contribution in [0.4, 0.5) is 8.78 Å². The summed E-state index contributed by atoms with van der Waals surface area (Å²) >= 11 is 0. The van der Waals surface area contributed by atoms with Crippen molar-refractivity contribution in [2.24, 2.45) is 0 Å². The van der Waals surface area contributed by atoms with Gasteiger partial charge in [0.2, 0.25) is 0 Å². The molecule has 1 aromatic carbocycles. The molecular formula is C12H12F2O3. The maximum absolute atomic E-state index is 12.1. The summed E-state index contributed by atoms with van der Waals surface area (Å²) in [4.78, 5) is 10.7. The van der Waals surface area contributed by atoms with Gasteiger partial charge in [0.05, 0.1) is 7.11 Å². The van der Waals surface area contributed by atoms with Crippen LogP contribution in [0.2, 0.25) is 0 Å². The highest BCUT2D eigenvalue weighted by Crippen LogP contribution is 2.29. The van der Waals surface area contributed by atoms with E-state index in [0.29, 0.717) is 5.56 Å². The van der Waals surface area contributed by atoms with Crippen LogP contribution < -0.4 is 9.47 Å². The number of rotatable bonds is 5. The number of carbonyl (C=O) groups excluding carboxylic acids is 1. The van der Waals surface area contributed by atoms with Crippen LogP contribution in [0.15, 0.2) is 24.3 Å². The zero-order valence-electron chi connectivity index (χ0n) is 9.44. The van der Waals surface area contributed by atoms with Crippen LogP contribution in [0.1, 0.15) is 12.5 Å². The molecule has 0 atom stereocenters. The number of ketones is 1. The van der Waals surface area contributed by atoms with Crippen LogP contribution >= 0.6 is 0 Å². The molecule has 0 heterocycles. The number of halogens is 2. The molecule has 0 radical (unpaired) electrons. The molecule has 0 aliphatic rings. The summed E-state index contributed by atoms with van der Waals surface area (Å²) in [5, 5.41) is 0. The van der Waals surface area contributed by atoms with Crippen molar-refractivity contribution in [2.45, 2.75) is 13.5 Å². The van der Waals surface area contributed by atoms with Crippen LogP contribution in [0.5, 0.6) is 11.5 Å². The third-order valence-corrected chi connectivity index (χ3v) is 1.91. The van der Waals surface area contributed by atoms with Gasteiger partial charge < -0.3 is 9.47 Å². The summed E-state index contributed by atoms with van der Waals surface area (Å²) in [5.74, 6) is 0.0513. The average Bonchev–Trinajstić information content (AvgIpc) is 2.26. The van der Waals surface area contributed by atoms with Crippen molar-refractivity contribution >= 4 is 11.9 Å². The quantitative estimate of drug-likeness (QED) is 0.745. The fraction of sp³-hybridized carbons (Fsp3) is 0.250. The van der Waals surface area contributed by atoms with Crippen molar-refractivity contribution in [3.63, 3.8) is 0 Å². The van der Waals surface area contributed by atoms with Gasteiger partial charge in [0.1, 0.15) is 0 Å². The van der Waals surface area contributed by atoms with Gasteiger partial charge in [0.15, 0.2) is 17.3 Å². The van der Waals surface area contributed by atoms with E-state index >= 15 is 0 Å². The molecule has 1 aromatic rings. The highest BCUT2D eigenvalue weighted by molar-refractivity contribution is 5.91. The number of carbonyl (C=O) groups is 1. The second-order valence-electron chi connectivity index (χ2n) is 3.23. The Morgan fingerprint density at radius 3 is 2.59 bits per heavy atom. The molecule has 0 aliphatic heterocycles. The van der Waals surface area contributed by atoms with E-state index in [2.05, 4.69) is 4.74 Å². The maximum atomic E-state index is 12.1. The Balaban J connectivity index is 2.95. The van der Waals surface area contributed by atoms with E-state index in [4.69, 9.17) is 4.74 Å². The Morgan fingerprint density at radius 1 is 1.35 bits per heavy atom. The molecule has 1 rings (SSSR count). The molecule has 17 heavy (non-hydrogen) atoms. The minimum atomic E-state index is -2.90. The fourth-order valence-electron chi connectivity index (χ4n) is 1.19. The summed E-state index contributed by atoms with van der Waals surface area (Å²) in [7, 11) is 1.35. The maximum Gasteiger partial charge on any atom is 0.387 e. The standard InChI is InChI=1S/C12H12F2O3/c1-8(15)3-4-9-5-6-10(17-12(13)14)11(7-9)16-2/h3-7,12H,1-2H3. The van der Waals surface area contributed by atoms with Crippen molar-refractivity contribution in [3.05, 3.63) is 29.8 Å². The Labute approximate surface area is 97.7 Å². The van der Waals surface area contributed by atoms with E-state index in [-0.39, 0.29) is 17.3 Å². The Bertz CT molecular complexity index is 428. The minimum Gasteiger partial charge on any atom is -0.493 e. The normalized spacial score (nSPS) is 10.9. The molecule has 0 fully saturated rings. The summed E-state index contributed by atoms with van der Waals surface area (Å²) in [6, 6.07) is 4.43. The van der Waals surface area contributed by atoms with Crippen molar-refractivity contribution < 1.29 is 23.0 Å². The monoisotopic (exact) mass is 242 g/mol. The molecule has 0 spiro atoms. The molecule has 0 aromatic heterocycles. The Kier molecular flexibility index (Phi) is 4.63. The van der Waals surface area contributed by atoms with E-state index in [0.717, 1.165) is 0 Å². The number of ether oxygens (including phenoxy) is 2. The van der Waals surface area contributed by atoms with Crippen LogP contribution in [0.3, 0.4) is 0 Å². The lowest BCUT2D eigenvalue weighted by atomic mass is 10.2. The summed E-state index contributed by atoms with van der Waals surface area (Å²) in [6.07, 6.45) is 2.94. The predicted octanol–water partition coefficient (Wildman–Crippen LogP) is 2.90. The lowest BCUT2D eigenvalue weighted by Crippen LogP contribution is -2.03. The topological polar surface area (TPSA) is 35.5 Å². The number of alkyl halides is 2. The van der Waals surface area contributed by atoms with Gasteiger partial charge >= 0.3 is 6.61 Å². The molecule has 0 N–H and O–H groups in total. The molecule has 0 saturated carbocycles. The number of methoxy groups -OCH3 is 1. The number of benzene rings is 1. The number of hydrogen-bond acceptors (Lipinski definition) is 3. The molecule has 0 bridgehead atoms. The van der Waals surface area contributed by atoms with Crippen molar-refractivity contribution in [2.75, 3.05) is 7.11 Å². The van der Waals surface area contributed by atoms with Crippen LogP contribution in [-0.2, 0) is 4.79 Å². The largest absolute Gasteiger partial charge is 0.493 e. The predicted molar refractivity (Wildman–Crippen MR) is 59.3 cm³/mol. The average molecular weight is 242 g/mol. The summed E-state index contributed by atoms with van der Waals surface area (Å²) < 4.78 is 33.3. The molecule has 0 unspecified atom stereocenters. The highest BCUT2D eigenvalue weighted by atomic mass is 19.3. The first-order valence-corrected chi connectivity index (χ1v) is 4.84. The van der Waals surface area contributed by atoms with E-state index in [1.165, 1.54) is 32.2 Å². The first-order valence-electron chi connectivity index (χ1n) is 4.84. The Hall–Kier alpha value is -1.91. The van der Waals surface area contributed by atoms with Crippen molar-refractivity contribution in [1.82, 2.24) is 0 Å². The van der Waals surface area contributed by atoms with Gasteiger partial charge in [0.25, 0.3) is 0 Å². The van der Waals surface area contributed by atoms with Crippen LogP contribution in [0, 0.1) is 0 Å². The molecule has 3 nitrogen and oxygen atoms in total. The lowest BCUT2D eigenvalue weighted by molar-refractivity contribution is -0.112. The SMILES string of the molecule is COc1cc(C=CC(C)=O)ccc1OC(F)F. The van der Waals surface area contributed by atoms with Gasteiger partial charge in [-0.1, -0.05) is 12.1 Å². The molecule has 0 saturated heterocycles. The second-order valence-corrected chi connectivity index (χ2v) is 3.23. The van der Waals surface area contributed by atoms with Crippen molar-refractivity contribution in [3.8, 4) is 11.5 Å². The van der Waals surface area contributed by atoms with Gasteiger partial charge in [0, 0.05) is 0 Å². The van der Waals surface area contributed by atoms with E-state index in [1.807, 2.05) is 0 Å². The van der Waals surface area contributed by atoms with Gasteiger partial charge in [-0.3, -0.25) is 4.79 Å². The minimum absolute atomic E-state index is 0.0394. The molecule has 5 heteroatoms. The fourth-order valence-corrected chi connectivity index (χ4v) is 1.19. The second kappa shape index (κ2) is 5.98. The van der Waals surface area contributed by atoms with E-state index < -0.39 is 6.61 Å². The first kappa shape index (κ1) is 13.2. The van der Waals surface area contributed by atoms with Crippen molar-refractivity contribution in [1.29, 1.82) is 0 Å². The summed E-state index contributed by atoms with van der Waals surface area (Å²) in [6.45, 7) is -1.48.